The van der Waals surface area contributed by atoms with Crippen molar-refractivity contribution in [3.05, 3.63) is 54.1 Å². The van der Waals surface area contributed by atoms with E-state index in [2.05, 4.69) is 0 Å². The first-order valence-electron chi connectivity index (χ1n) is 5.90. The Balaban J connectivity index is 2.33. The lowest BCUT2D eigenvalue weighted by Crippen LogP contribution is -2.26. The van der Waals surface area contributed by atoms with E-state index < -0.39 is 0 Å². The van der Waals surface area contributed by atoms with Crippen LogP contribution >= 0.6 is 0 Å². The number of ether oxygens (including phenoxy) is 1. The standard InChI is InChI=1S/C15H16N2O2/c1-17(12-7-5-6-11(16)10-12)15(18)13-8-3-4-9-14(13)19-2/h3-10H,16H2,1-2H3. The summed E-state index contributed by atoms with van der Waals surface area (Å²) in [5.74, 6) is 0.423. The molecule has 0 saturated carbocycles. The third-order valence-corrected chi connectivity index (χ3v) is 2.90. The number of amides is 1. The van der Waals surface area contributed by atoms with E-state index in [1.807, 2.05) is 24.3 Å². The van der Waals surface area contributed by atoms with Crippen LogP contribution in [0.2, 0.25) is 0 Å². The number of hydrogen-bond donors (Lipinski definition) is 1. The van der Waals surface area contributed by atoms with Gasteiger partial charge in [-0.3, -0.25) is 4.79 Å². The number of nitrogens with two attached hydrogens (primary N) is 1. The Hall–Kier alpha value is -2.49. The molecule has 2 N–H and O–H groups in total. The van der Waals surface area contributed by atoms with Crippen molar-refractivity contribution in [1.82, 2.24) is 0 Å². The predicted octanol–water partition coefficient (Wildman–Crippen LogP) is 2.55. The molecule has 1 amide bonds. The van der Waals surface area contributed by atoms with Crippen molar-refractivity contribution < 1.29 is 9.53 Å². The summed E-state index contributed by atoms with van der Waals surface area (Å²) >= 11 is 0. The number of para-hydroxylation sites is 1. The number of nitrogens with zero attached hydrogens (tertiary/aromatic N) is 1. The fraction of sp³-hybridized carbons (Fsp3) is 0.133. The van der Waals surface area contributed by atoms with E-state index in [9.17, 15) is 4.79 Å². The first kappa shape index (κ1) is 13.0. The maximum atomic E-state index is 12.4. The van der Waals surface area contributed by atoms with Crippen LogP contribution in [-0.2, 0) is 0 Å². The maximum Gasteiger partial charge on any atom is 0.261 e. The fourth-order valence-corrected chi connectivity index (χ4v) is 1.85. The lowest BCUT2D eigenvalue weighted by molar-refractivity contribution is 0.0990. The van der Waals surface area contributed by atoms with E-state index in [4.69, 9.17) is 10.5 Å². The van der Waals surface area contributed by atoms with Gasteiger partial charge in [-0.2, -0.15) is 0 Å². The summed E-state index contributed by atoms with van der Waals surface area (Å²) in [6.45, 7) is 0. The highest BCUT2D eigenvalue weighted by Gasteiger charge is 2.17. The van der Waals surface area contributed by atoms with Crippen LogP contribution in [0.5, 0.6) is 5.75 Å². The van der Waals surface area contributed by atoms with E-state index in [0.717, 1.165) is 5.69 Å². The summed E-state index contributed by atoms with van der Waals surface area (Å²) in [6.07, 6.45) is 0. The Bertz CT molecular complexity index is 596. The molecule has 0 fully saturated rings. The van der Waals surface area contributed by atoms with Crippen LogP contribution in [0.25, 0.3) is 0 Å². The van der Waals surface area contributed by atoms with Gasteiger partial charge in [-0.1, -0.05) is 18.2 Å². The van der Waals surface area contributed by atoms with E-state index in [0.29, 0.717) is 17.0 Å². The van der Waals surface area contributed by atoms with Crippen LogP contribution in [-0.4, -0.2) is 20.1 Å². The molecule has 0 heterocycles. The number of nitrogen functional groups attached to an aromatic ring is 1. The minimum Gasteiger partial charge on any atom is -0.496 e. The molecule has 2 rings (SSSR count). The van der Waals surface area contributed by atoms with Crippen LogP contribution in [0.4, 0.5) is 11.4 Å². The second-order valence-electron chi connectivity index (χ2n) is 4.16. The van der Waals surface area contributed by atoms with Gasteiger partial charge in [0.15, 0.2) is 0 Å². The zero-order chi connectivity index (χ0) is 13.8. The molecule has 98 valence electrons. The van der Waals surface area contributed by atoms with Gasteiger partial charge in [0.05, 0.1) is 12.7 Å². The van der Waals surface area contributed by atoms with Crippen molar-refractivity contribution in [3.63, 3.8) is 0 Å². The van der Waals surface area contributed by atoms with Crippen LogP contribution in [0.1, 0.15) is 10.4 Å². The molecular weight excluding hydrogens is 240 g/mol. The number of anilines is 2. The highest BCUT2D eigenvalue weighted by molar-refractivity contribution is 6.07. The highest BCUT2D eigenvalue weighted by Crippen LogP contribution is 2.23. The Morgan fingerprint density at radius 1 is 1.16 bits per heavy atom. The van der Waals surface area contributed by atoms with Crippen LogP contribution < -0.4 is 15.4 Å². The fourth-order valence-electron chi connectivity index (χ4n) is 1.85. The smallest absolute Gasteiger partial charge is 0.261 e. The number of methoxy groups -OCH3 is 1. The number of carbonyl (C=O) groups excluding carboxylic acids is 1. The summed E-state index contributed by atoms with van der Waals surface area (Å²) in [6, 6.07) is 14.3. The van der Waals surface area contributed by atoms with Crippen molar-refractivity contribution in [2.75, 3.05) is 24.8 Å². The van der Waals surface area contributed by atoms with Crippen molar-refractivity contribution >= 4 is 17.3 Å². The summed E-state index contributed by atoms with van der Waals surface area (Å²) < 4.78 is 5.20. The lowest BCUT2D eigenvalue weighted by atomic mass is 10.1. The molecule has 0 bridgehead atoms. The molecule has 2 aromatic rings. The van der Waals surface area contributed by atoms with E-state index in [-0.39, 0.29) is 5.91 Å². The second-order valence-corrected chi connectivity index (χ2v) is 4.16. The van der Waals surface area contributed by atoms with Gasteiger partial charge in [-0.25, -0.2) is 0 Å². The molecule has 4 nitrogen and oxygen atoms in total. The van der Waals surface area contributed by atoms with Crippen molar-refractivity contribution in [2.24, 2.45) is 0 Å². The number of rotatable bonds is 3. The van der Waals surface area contributed by atoms with E-state index >= 15 is 0 Å². The molecule has 0 radical (unpaired) electrons. The van der Waals surface area contributed by atoms with Gasteiger partial charge in [0.1, 0.15) is 5.75 Å². The second kappa shape index (κ2) is 5.44. The Labute approximate surface area is 112 Å². The van der Waals surface area contributed by atoms with Gasteiger partial charge < -0.3 is 15.4 Å². The quantitative estimate of drug-likeness (QED) is 0.859. The Morgan fingerprint density at radius 3 is 2.58 bits per heavy atom. The largest absolute Gasteiger partial charge is 0.496 e. The molecule has 0 unspecified atom stereocenters. The zero-order valence-corrected chi connectivity index (χ0v) is 11.0. The average molecular weight is 256 g/mol. The highest BCUT2D eigenvalue weighted by atomic mass is 16.5. The minimum atomic E-state index is -0.136. The van der Waals surface area contributed by atoms with Crippen LogP contribution in [0.3, 0.4) is 0 Å². The molecule has 19 heavy (non-hydrogen) atoms. The number of carbonyl (C=O) groups is 1. The normalized spacial score (nSPS) is 10.0. The molecule has 0 aliphatic heterocycles. The SMILES string of the molecule is COc1ccccc1C(=O)N(C)c1cccc(N)c1. The molecule has 0 aliphatic carbocycles. The van der Waals surface area contributed by atoms with Crippen molar-refractivity contribution in [2.45, 2.75) is 0 Å². The van der Waals surface area contributed by atoms with Gasteiger partial charge in [0, 0.05) is 18.4 Å². The third-order valence-electron chi connectivity index (χ3n) is 2.90. The first-order valence-corrected chi connectivity index (χ1v) is 5.90. The van der Waals surface area contributed by atoms with E-state index in [1.165, 1.54) is 0 Å². The van der Waals surface area contributed by atoms with Gasteiger partial charge in [0.2, 0.25) is 0 Å². The monoisotopic (exact) mass is 256 g/mol. The topological polar surface area (TPSA) is 55.6 Å². The average Bonchev–Trinajstić information content (AvgIpc) is 2.45. The number of hydrogen-bond acceptors (Lipinski definition) is 3. The van der Waals surface area contributed by atoms with E-state index in [1.54, 1.807) is 43.3 Å². The zero-order valence-electron chi connectivity index (χ0n) is 11.0. The van der Waals surface area contributed by atoms with Crippen molar-refractivity contribution in [1.29, 1.82) is 0 Å². The van der Waals surface area contributed by atoms with Gasteiger partial charge in [-0.05, 0) is 30.3 Å². The molecule has 0 saturated heterocycles. The molecule has 0 aromatic heterocycles. The van der Waals surface area contributed by atoms with Gasteiger partial charge in [-0.15, -0.1) is 0 Å². The van der Waals surface area contributed by atoms with Crippen LogP contribution in [0, 0.1) is 0 Å². The van der Waals surface area contributed by atoms with Gasteiger partial charge in [0.25, 0.3) is 5.91 Å². The molecule has 2 aromatic carbocycles. The summed E-state index contributed by atoms with van der Waals surface area (Å²) in [7, 11) is 3.26. The van der Waals surface area contributed by atoms with Gasteiger partial charge >= 0.3 is 0 Å². The Morgan fingerprint density at radius 2 is 1.89 bits per heavy atom. The molecule has 0 atom stereocenters. The molecule has 0 spiro atoms. The summed E-state index contributed by atoms with van der Waals surface area (Å²) in [4.78, 5) is 14.0. The third kappa shape index (κ3) is 2.68. The lowest BCUT2D eigenvalue weighted by Gasteiger charge is -2.19. The summed E-state index contributed by atoms with van der Waals surface area (Å²) in [5.41, 5.74) is 7.62. The summed E-state index contributed by atoms with van der Waals surface area (Å²) in [5, 5.41) is 0. The first-order chi connectivity index (χ1) is 9.13. The predicted molar refractivity (Wildman–Crippen MR) is 76.6 cm³/mol. The van der Waals surface area contributed by atoms with Crippen molar-refractivity contribution in [3.8, 4) is 5.75 Å². The number of benzene rings is 2. The van der Waals surface area contributed by atoms with Crippen LogP contribution in [0.15, 0.2) is 48.5 Å². The Kier molecular flexibility index (Phi) is 3.71. The maximum absolute atomic E-state index is 12.4. The molecular formula is C15H16N2O2. The molecule has 0 aliphatic rings. The minimum absolute atomic E-state index is 0.136. The molecule has 4 heteroatoms.